The van der Waals surface area contributed by atoms with Crippen molar-refractivity contribution in [3.05, 3.63) is 33.8 Å². The van der Waals surface area contributed by atoms with Gasteiger partial charge in [0.2, 0.25) is 0 Å². The minimum absolute atomic E-state index is 0.566. The van der Waals surface area contributed by atoms with Crippen LogP contribution in [0.1, 0.15) is 25.3 Å². The van der Waals surface area contributed by atoms with Crippen LogP contribution in [0, 0.1) is 0 Å². The van der Waals surface area contributed by atoms with E-state index in [1.807, 2.05) is 12.1 Å². The molecule has 0 radical (unpaired) electrons. The molecule has 2 nitrogen and oxygen atoms in total. The van der Waals surface area contributed by atoms with Crippen LogP contribution in [0.4, 0.5) is 0 Å². The van der Waals surface area contributed by atoms with Gasteiger partial charge in [0.1, 0.15) is 0 Å². The van der Waals surface area contributed by atoms with Crippen LogP contribution in [0.25, 0.3) is 0 Å². The molecule has 0 atom stereocenters. The van der Waals surface area contributed by atoms with Gasteiger partial charge in [0.05, 0.1) is 10.0 Å². The molecule has 2 N–H and O–H groups in total. The van der Waals surface area contributed by atoms with Gasteiger partial charge < -0.3 is 10.6 Å². The molecule has 0 aliphatic carbocycles. The fourth-order valence-electron chi connectivity index (χ4n) is 1.27. The Bertz CT molecular complexity index is 383. The highest BCUT2D eigenvalue weighted by molar-refractivity contribution is 7.80. The smallest absolute Gasteiger partial charge is 0.166 e. The van der Waals surface area contributed by atoms with E-state index in [4.69, 9.17) is 35.4 Å². The molecule has 0 heterocycles. The highest BCUT2D eigenvalue weighted by Gasteiger charge is 2.00. The number of unbranched alkanes of at least 4 members (excludes halogenated alkanes) is 1. The van der Waals surface area contributed by atoms with Crippen molar-refractivity contribution in [2.24, 2.45) is 0 Å². The number of nitrogens with one attached hydrogen (secondary N) is 2. The zero-order valence-corrected chi connectivity index (χ0v) is 12.1. The zero-order valence-electron chi connectivity index (χ0n) is 9.72. The topological polar surface area (TPSA) is 24.1 Å². The maximum absolute atomic E-state index is 5.92. The van der Waals surface area contributed by atoms with Crippen LogP contribution in [-0.4, -0.2) is 11.7 Å². The lowest BCUT2D eigenvalue weighted by Gasteiger charge is -2.10. The summed E-state index contributed by atoms with van der Waals surface area (Å²) in [4.78, 5) is 0. The quantitative estimate of drug-likeness (QED) is 0.638. The first-order valence-corrected chi connectivity index (χ1v) is 6.75. The Morgan fingerprint density at radius 2 is 2.00 bits per heavy atom. The molecule has 0 bridgehead atoms. The molecule has 94 valence electrons. The van der Waals surface area contributed by atoms with Crippen molar-refractivity contribution in [1.82, 2.24) is 10.6 Å². The number of hydrogen-bond donors (Lipinski definition) is 2. The summed E-state index contributed by atoms with van der Waals surface area (Å²) in [5.41, 5.74) is 1.05. The van der Waals surface area contributed by atoms with Crippen LogP contribution >= 0.6 is 35.4 Å². The molecular formula is C12H16Cl2N2S. The highest BCUT2D eigenvalue weighted by Crippen LogP contribution is 2.22. The molecule has 0 fully saturated rings. The van der Waals surface area contributed by atoms with E-state index in [1.54, 1.807) is 6.07 Å². The van der Waals surface area contributed by atoms with E-state index in [0.29, 0.717) is 21.7 Å². The summed E-state index contributed by atoms with van der Waals surface area (Å²) in [6.07, 6.45) is 2.27. The van der Waals surface area contributed by atoms with Gasteiger partial charge in [-0.15, -0.1) is 0 Å². The van der Waals surface area contributed by atoms with Crippen LogP contribution in [0.5, 0.6) is 0 Å². The maximum atomic E-state index is 5.92. The van der Waals surface area contributed by atoms with Gasteiger partial charge >= 0.3 is 0 Å². The number of hydrogen-bond acceptors (Lipinski definition) is 1. The predicted octanol–water partition coefficient (Wildman–Crippen LogP) is 3.76. The SMILES string of the molecule is CCCCNC(=S)NCc1ccc(Cl)c(Cl)c1. The van der Waals surface area contributed by atoms with E-state index in [2.05, 4.69) is 17.6 Å². The molecule has 1 aromatic carbocycles. The molecule has 0 spiro atoms. The first-order valence-electron chi connectivity index (χ1n) is 5.59. The Hall–Kier alpha value is -0.510. The van der Waals surface area contributed by atoms with Gasteiger partial charge in [0, 0.05) is 13.1 Å². The van der Waals surface area contributed by atoms with Crippen molar-refractivity contribution in [3.63, 3.8) is 0 Å². The minimum Gasteiger partial charge on any atom is -0.363 e. The molecule has 17 heavy (non-hydrogen) atoms. The molecule has 0 unspecified atom stereocenters. The summed E-state index contributed by atoms with van der Waals surface area (Å²) in [5.74, 6) is 0. The van der Waals surface area contributed by atoms with Gasteiger partial charge in [-0.2, -0.15) is 0 Å². The van der Waals surface area contributed by atoms with Crippen LogP contribution in [0.2, 0.25) is 10.0 Å². The van der Waals surface area contributed by atoms with Gasteiger partial charge in [-0.05, 0) is 36.3 Å². The van der Waals surface area contributed by atoms with Crippen molar-refractivity contribution in [1.29, 1.82) is 0 Å². The molecule has 1 rings (SSSR count). The van der Waals surface area contributed by atoms with Crippen LogP contribution in [0.15, 0.2) is 18.2 Å². The van der Waals surface area contributed by atoms with Crippen LogP contribution in [0.3, 0.4) is 0 Å². The van der Waals surface area contributed by atoms with Crippen LogP contribution in [-0.2, 0) is 6.54 Å². The normalized spacial score (nSPS) is 10.1. The zero-order chi connectivity index (χ0) is 12.7. The van der Waals surface area contributed by atoms with Gasteiger partial charge in [-0.25, -0.2) is 0 Å². The fourth-order valence-corrected chi connectivity index (χ4v) is 1.77. The maximum Gasteiger partial charge on any atom is 0.166 e. The Balaban J connectivity index is 2.34. The number of rotatable bonds is 5. The Morgan fingerprint density at radius 3 is 2.65 bits per heavy atom. The third kappa shape index (κ3) is 5.57. The number of benzene rings is 1. The van der Waals surface area contributed by atoms with Gasteiger partial charge in [0.15, 0.2) is 5.11 Å². The molecule has 0 saturated carbocycles. The molecule has 0 aliphatic heterocycles. The first-order chi connectivity index (χ1) is 8.13. The molecule has 0 aromatic heterocycles. The molecule has 0 aliphatic rings. The summed E-state index contributed by atoms with van der Waals surface area (Å²) in [7, 11) is 0. The van der Waals surface area contributed by atoms with Gasteiger partial charge in [0.25, 0.3) is 0 Å². The van der Waals surface area contributed by atoms with Crippen molar-refractivity contribution < 1.29 is 0 Å². The van der Waals surface area contributed by atoms with E-state index in [0.717, 1.165) is 24.9 Å². The lowest BCUT2D eigenvalue weighted by molar-refractivity contribution is 0.739. The van der Waals surface area contributed by atoms with Crippen molar-refractivity contribution in [3.8, 4) is 0 Å². The second kappa shape index (κ2) is 7.75. The second-order valence-electron chi connectivity index (χ2n) is 3.71. The minimum atomic E-state index is 0.566. The lowest BCUT2D eigenvalue weighted by atomic mass is 10.2. The van der Waals surface area contributed by atoms with E-state index in [9.17, 15) is 0 Å². The average molecular weight is 291 g/mol. The summed E-state index contributed by atoms with van der Waals surface area (Å²) < 4.78 is 0. The van der Waals surface area contributed by atoms with Crippen molar-refractivity contribution >= 4 is 40.5 Å². The summed E-state index contributed by atoms with van der Waals surface area (Å²) in [6, 6.07) is 5.55. The summed E-state index contributed by atoms with van der Waals surface area (Å²) >= 11 is 16.9. The van der Waals surface area contributed by atoms with Crippen molar-refractivity contribution in [2.45, 2.75) is 26.3 Å². The summed E-state index contributed by atoms with van der Waals surface area (Å²) in [6.45, 7) is 3.70. The first kappa shape index (κ1) is 14.6. The second-order valence-corrected chi connectivity index (χ2v) is 4.93. The van der Waals surface area contributed by atoms with E-state index < -0.39 is 0 Å². The van der Waals surface area contributed by atoms with Crippen molar-refractivity contribution in [2.75, 3.05) is 6.54 Å². The van der Waals surface area contributed by atoms with E-state index in [-0.39, 0.29) is 0 Å². The monoisotopic (exact) mass is 290 g/mol. The Kier molecular flexibility index (Phi) is 6.63. The summed E-state index contributed by atoms with van der Waals surface area (Å²) in [5, 5.41) is 8.07. The number of halogens is 2. The molecular weight excluding hydrogens is 275 g/mol. The standard InChI is InChI=1S/C12H16Cl2N2S/c1-2-3-6-15-12(17)16-8-9-4-5-10(13)11(14)7-9/h4-5,7H,2-3,6,8H2,1H3,(H2,15,16,17). The number of thiocarbonyl (C=S) groups is 1. The van der Waals surface area contributed by atoms with E-state index in [1.165, 1.54) is 0 Å². The molecule has 5 heteroatoms. The third-order valence-electron chi connectivity index (χ3n) is 2.25. The van der Waals surface area contributed by atoms with E-state index >= 15 is 0 Å². The Morgan fingerprint density at radius 1 is 1.24 bits per heavy atom. The lowest BCUT2D eigenvalue weighted by Crippen LogP contribution is -2.35. The largest absolute Gasteiger partial charge is 0.363 e. The molecule has 0 saturated heterocycles. The third-order valence-corrected chi connectivity index (χ3v) is 3.28. The highest BCUT2D eigenvalue weighted by atomic mass is 35.5. The molecule has 1 aromatic rings. The Labute approximate surface area is 118 Å². The van der Waals surface area contributed by atoms with Gasteiger partial charge in [-0.1, -0.05) is 42.6 Å². The fraction of sp³-hybridized carbons (Fsp3) is 0.417. The predicted molar refractivity (Wildman–Crippen MR) is 78.8 cm³/mol. The van der Waals surface area contributed by atoms with Crippen LogP contribution < -0.4 is 10.6 Å². The molecule has 0 amide bonds. The average Bonchev–Trinajstić information content (AvgIpc) is 2.31. The van der Waals surface area contributed by atoms with Gasteiger partial charge in [-0.3, -0.25) is 0 Å².